The normalized spacial score (nSPS) is 17.1. The van der Waals surface area contributed by atoms with Gasteiger partial charge in [-0.1, -0.05) is 22.9 Å². The molecule has 3 heterocycles. The van der Waals surface area contributed by atoms with Crippen LogP contribution in [0.15, 0.2) is 53.4 Å². The number of anilines is 1. The van der Waals surface area contributed by atoms with Crippen LogP contribution in [0, 0.1) is 18.7 Å². The van der Waals surface area contributed by atoms with E-state index in [1.807, 2.05) is 0 Å². The van der Waals surface area contributed by atoms with E-state index in [9.17, 15) is 17.6 Å². The van der Waals surface area contributed by atoms with E-state index < -0.39 is 15.9 Å². The number of nitrogens with zero attached hydrogens (tertiary/aromatic N) is 4. The summed E-state index contributed by atoms with van der Waals surface area (Å²) >= 11 is 7.15. The van der Waals surface area contributed by atoms with Crippen molar-refractivity contribution in [2.45, 2.75) is 24.7 Å². The molecule has 1 unspecified atom stereocenters. The average Bonchev–Trinajstić information content (AvgIpc) is 3.41. The molecule has 4 aromatic rings. The van der Waals surface area contributed by atoms with Crippen LogP contribution in [0.25, 0.3) is 15.3 Å². The van der Waals surface area contributed by atoms with Crippen LogP contribution in [0.3, 0.4) is 0 Å². The maximum atomic E-state index is 13.6. The predicted octanol–water partition coefficient (Wildman–Crippen LogP) is 4.62. The summed E-state index contributed by atoms with van der Waals surface area (Å²) in [5.74, 6) is -0.758. The van der Waals surface area contributed by atoms with Gasteiger partial charge in [0, 0.05) is 24.2 Å². The number of benzene rings is 2. The SMILES string of the molecule is Cc1cc(NC(=O)C2CCCN(S(=O)(=O)c3ccc(Cl)cc3)C2)n(-c2nc3ccc(F)cc3s2)n1. The summed E-state index contributed by atoms with van der Waals surface area (Å²) in [6.07, 6.45) is 1.12. The van der Waals surface area contributed by atoms with Crippen molar-refractivity contribution in [3.05, 3.63) is 65.1 Å². The number of fused-ring (bicyclic) bond motifs is 1. The lowest BCUT2D eigenvalue weighted by atomic mass is 9.99. The van der Waals surface area contributed by atoms with E-state index in [1.165, 1.54) is 56.7 Å². The van der Waals surface area contributed by atoms with Gasteiger partial charge in [-0.25, -0.2) is 17.8 Å². The zero-order valence-corrected chi connectivity index (χ0v) is 21.0. The number of carbonyl (C=O) groups is 1. The first-order chi connectivity index (χ1) is 16.7. The van der Waals surface area contributed by atoms with Gasteiger partial charge in [0.2, 0.25) is 21.1 Å². The van der Waals surface area contributed by atoms with E-state index >= 15 is 0 Å². The lowest BCUT2D eigenvalue weighted by molar-refractivity contribution is -0.120. The van der Waals surface area contributed by atoms with Crippen molar-refractivity contribution in [3.63, 3.8) is 0 Å². The molecule has 0 aliphatic carbocycles. The number of halogens is 2. The Kier molecular flexibility index (Phi) is 6.34. The Bertz CT molecular complexity index is 1520. The van der Waals surface area contributed by atoms with Crippen molar-refractivity contribution >= 4 is 54.9 Å². The second-order valence-electron chi connectivity index (χ2n) is 8.34. The Morgan fingerprint density at radius 2 is 1.97 bits per heavy atom. The summed E-state index contributed by atoms with van der Waals surface area (Å²) in [5, 5.41) is 8.27. The quantitative estimate of drug-likeness (QED) is 0.403. The highest BCUT2D eigenvalue weighted by atomic mass is 35.5. The molecule has 0 saturated carbocycles. The third-order valence-electron chi connectivity index (χ3n) is 5.81. The molecule has 8 nitrogen and oxygen atoms in total. The molecular weight excluding hydrogens is 513 g/mol. The third-order valence-corrected chi connectivity index (χ3v) is 8.93. The predicted molar refractivity (Wildman–Crippen MR) is 133 cm³/mol. The largest absolute Gasteiger partial charge is 0.310 e. The van der Waals surface area contributed by atoms with Gasteiger partial charge in [0.1, 0.15) is 11.6 Å². The van der Waals surface area contributed by atoms with Crippen LogP contribution in [0.5, 0.6) is 0 Å². The highest BCUT2D eigenvalue weighted by Crippen LogP contribution is 2.29. The van der Waals surface area contributed by atoms with Crippen LogP contribution in [-0.4, -0.2) is 46.5 Å². The van der Waals surface area contributed by atoms with E-state index in [0.29, 0.717) is 51.3 Å². The molecule has 1 saturated heterocycles. The summed E-state index contributed by atoms with van der Waals surface area (Å²) in [7, 11) is -3.75. The topological polar surface area (TPSA) is 97.2 Å². The van der Waals surface area contributed by atoms with Gasteiger partial charge in [0.25, 0.3) is 0 Å². The fourth-order valence-electron chi connectivity index (χ4n) is 4.07. The van der Waals surface area contributed by atoms with Gasteiger partial charge in [0.15, 0.2) is 0 Å². The van der Waals surface area contributed by atoms with E-state index in [2.05, 4.69) is 15.4 Å². The third kappa shape index (κ3) is 4.81. The Balaban J connectivity index is 1.36. The van der Waals surface area contributed by atoms with Gasteiger partial charge in [-0.2, -0.15) is 14.1 Å². The number of thiazole rings is 1. The number of carbonyl (C=O) groups excluding carboxylic acids is 1. The molecule has 1 aliphatic rings. The number of rotatable bonds is 5. The highest BCUT2D eigenvalue weighted by Gasteiger charge is 2.33. The van der Waals surface area contributed by atoms with E-state index in [1.54, 1.807) is 19.1 Å². The Hall–Kier alpha value is -2.86. The molecule has 1 N–H and O–H groups in total. The maximum absolute atomic E-state index is 13.6. The Labute approximate surface area is 210 Å². The minimum absolute atomic E-state index is 0.0737. The number of hydrogen-bond donors (Lipinski definition) is 1. The smallest absolute Gasteiger partial charge is 0.243 e. The monoisotopic (exact) mass is 533 g/mol. The molecular formula is C23H21ClFN5O3S2. The summed E-state index contributed by atoms with van der Waals surface area (Å²) in [6, 6.07) is 12.1. The van der Waals surface area contributed by atoms with Crippen LogP contribution >= 0.6 is 22.9 Å². The maximum Gasteiger partial charge on any atom is 0.243 e. The molecule has 0 radical (unpaired) electrons. The molecule has 35 heavy (non-hydrogen) atoms. The van der Waals surface area contributed by atoms with Crippen molar-refractivity contribution in [2.24, 2.45) is 5.92 Å². The summed E-state index contributed by atoms with van der Waals surface area (Å²) < 4.78 is 43.3. The molecule has 2 aromatic heterocycles. The van der Waals surface area contributed by atoms with E-state index in [0.717, 1.165) is 0 Å². The van der Waals surface area contributed by atoms with Crippen LogP contribution in [-0.2, 0) is 14.8 Å². The van der Waals surface area contributed by atoms with Crippen molar-refractivity contribution in [3.8, 4) is 5.13 Å². The number of amides is 1. The van der Waals surface area contributed by atoms with Crippen molar-refractivity contribution in [2.75, 3.05) is 18.4 Å². The number of nitrogens with one attached hydrogen (secondary N) is 1. The number of aromatic nitrogens is 3. The second-order valence-corrected chi connectivity index (χ2v) is 11.7. The molecule has 0 bridgehead atoms. The van der Waals surface area contributed by atoms with E-state index in [4.69, 9.17) is 11.6 Å². The Morgan fingerprint density at radius 3 is 2.74 bits per heavy atom. The zero-order valence-electron chi connectivity index (χ0n) is 18.6. The van der Waals surface area contributed by atoms with Crippen molar-refractivity contribution in [1.82, 2.24) is 19.1 Å². The minimum atomic E-state index is -3.75. The van der Waals surface area contributed by atoms with Crippen molar-refractivity contribution < 1.29 is 17.6 Å². The summed E-state index contributed by atoms with van der Waals surface area (Å²) in [6.45, 7) is 2.21. The fourth-order valence-corrected chi connectivity index (χ4v) is 6.68. The van der Waals surface area contributed by atoms with Gasteiger partial charge in [-0.05, 0) is 62.2 Å². The van der Waals surface area contributed by atoms with Gasteiger partial charge < -0.3 is 5.32 Å². The lowest BCUT2D eigenvalue weighted by Gasteiger charge is -2.31. The molecule has 2 aromatic carbocycles. The van der Waals surface area contributed by atoms with Crippen LogP contribution in [0.2, 0.25) is 5.02 Å². The summed E-state index contributed by atoms with van der Waals surface area (Å²) in [5.41, 5.74) is 1.30. The zero-order chi connectivity index (χ0) is 24.7. The average molecular weight is 534 g/mol. The summed E-state index contributed by atoms with van der Waals surface area (Å²) in [4.78, 5) is 17.8. The molecule has 1 atom stereocenters. The number of aryl methyl sites for hydroxylation is 1. The molecule has 1 amide bonds. The fraction of sp³-hybridized carbons (Fsp3) is 0.261. The molecule has 12 heteroatoms. The van der Waals surface area contributed by atoms with Gasteiger partial charge in [-0.3, -0.25) is 4.79 Å². The van der Waals surface area contributed by atoms with Crippen LogP contribution in [0.4, 0.5) is 10.2 Å². The van der Waals surface area contributed by atoms with Gasteiger partial charge in [-0.15, -0.1) is 0 Å². The molecule has 5 rings (SSSR count). The Morgan fingerprint density at radius 1 is 1.20 bits per heavy atom. The first-order valence-corrected chi connectivity index (χ1v) is 13.5. The van der Waals surface area contributed by atoms with Crippen LogP contribution in [0.1, 0.15) is 18.5 Å². The molecule has 182 valence electrons. The van der Waals surface area contributed by atoms with Crippen molar-refractivity contribution in [1.29, 1.82) is 0 Å². The number of hydrogen-bond acceptors (Lipinski definition) is 6. The number of piperidine rings is 1. The minimum Gasteiger partial charge on any atom is -0.310 e. The van der Waals surface area contributed by atoms with E-state index in [-0.39, 0.29) is 23.2 Å². The standard InChI is InChI=1S/C23H21ClFN5O3S2/c1-14-11-21(30(28-14)23-26-19-9-6-17(25)12-20(19)34-23)27-22(31)15-3-2-10-29(13-15)35(32,33)18-7-4-16(24)5-8-18/h4-9,11-12,15H,2-3,10,13H2,1H3,(H,27,31). The number of sulfonamides is 1. The second kappa shape index (κ2) is 9.30. The first-order valence-electron chi connectivity index (χ1n) is 10.9. The highest BCUT2D eigenvalue weighted by molar-refractivity contribution is 7.89. The van der Waals surface area contributed by atoms with Gasteiger partial charge >= 0.3 is 0 Å². The molecule has 1 aliphatic heterocycles. The lowest BCUT2D eigenvalue weighted by Crippen LogP contribution is -2.43. The van der Waals surface area contributed by atoms with Gasteiger partial charge in [0.05, 0.1) is 26.7 Å². The van der Waals surface area contributed by atoms with Crippen LogP contribution < -0.4 is 5.32 Å². The molecule has 1 fully saturated rings. The first kappa shape index (κ1) is 23.9. The molecule has 0 spiro atoms.